The third-order valence-electron chi connectivity index (χ3n) is 3.07. The molecule has 1 aliphatic rings. The highest BCUT2D eigenvalue weighted by Crippen LogP contribution is 2.36. The Labute approximate surface area is 120 Å². The van der Waals surface area contributed by atoms with Crippen LogP contribution >= 0.6 is 0 Å². The predicted octanol–water partition coefficient (Wildman–Crippen LogP) is 3.87. The van der Waals surface area contributed by atoms with Crippen molar-refractivity contribution >= 4 is 17.6 Å². The van der Waals surface area contributed by atoms with Gasteiger partial charge in [0.25, 0.3) is 0 Å². The molecule has 4 nitrogen and oxygen atoms in total. The normalized spacial score (nSPS) is 19.6. The first-order chi connectivity index (χ1) is 9.19. The highest BCUT2D eigenvalue weighted by atomic mass is 16.6. The maximum Gasteiger partial charge on any atom is 0.435 e. The molecule has 0 aliphatic carbocycles. The molecule has 4 heteroatoms. The lowest BCUT2D eigenvalue weighted by Gasteiger charge is -2.48. The minimum Gasteiger partial charge on any atom is -0.442 e. The Morgan fingerprint density at radius 1 is 1.25 bits per heavy atom. The van der Waals surface area contributed by atoms with Gasteiger partial charge in [-0.2, -0.15) is 4.99 Å². The van der Waals surface area contributed by atoms with E-state index in [2.05, 4.69) is 18.8 Å². The summed E-state index contributed by atoms with van der Waals surface area (Å²) in [4.78, 5) is 18.1. The summed E-state index contributed by atoms with van der Waals surface area (Å²) in [5.41, 5.74) is 0.424. The number of carbonyl (C=O) groups is 1. The first-order valence-electron chi connectivity index (χ1n) is 6.84. The summed E-state index contributed by atoms with van der Waals surface area (Å²) in [6.07, 6.45) is -0.527. The number of hydrogen-bond donors (Lipinski definition) is 0. The quantitative estimate of drug-likeness (QED) is 0.780. The topological polar surface area (TPSA) is 41.9 Å². The van der Waals surface area contributed by atoms with E-state index in [9.17, 15) is 4.79 Å². The summed E-state index contributed by atoms with van der Waals surface area (Å²) >= 11 is 0. The Hall–Kier alpha value is -1.84. The van der Waals surface area contributed by atoms with Crippen molar-refractivity contribution in [2.24, 2.45) is 10.4 Å². The lowest BCUT2D eigenvalue weighted by atomic mass is 9.82. The van der Waals surface area contributed by atoms with Crippen LogP contribution in [0.25, 0.3) is 0 Å². The van der Waals surface area contributed by atoms with E-state index < -0.39 is 11.7 Å². The third kappa shape index (κ3) is 3.18. The SMILES string of the molecule is CC(C)(C)OC(=O)/N=C1/N(c2ccccc2)CC1(C)C. The first kappa shape index (κ1) is 14.6. The average Bonchev–Trinajstić information content (AvgIpc) is 2.33. The largest absolute Gasteiger partial charge is 0.442 e. The second-order valence-corrected chi connectivity index (χ2v) is 6.72. The predicted molar refractivity (Wildman–Crippen MR) is 81.2 cm³/mol. The van der Waals surface area contributed by atoms with Crippen LogP contribution in [0.3, 0.4) is 0 Å². The molecule has 20 heavy (non-hydrogen) atoms. The van der Waals surface area contributed by atoms with Crippen LogP contribution in [0.4, 0.5) is 10.5 Å². The molecule has 108 valence electrons. The fourth-order valence-corrected chi connectivity index (χ4v) is 2.22. The molecule has 1 aromatic carbocycles. The average molecular weight is 274 g/mol. The summed E-state index contributed by atoms with van der Waals surface area (Å²) in [5.74, 6) is 0.762. The Kier molecular flexibility index (Phi) is 3.59. The molecule has 1 aromatic rings. The maximum absolute atomic E-state index is 11.9. The molecule has 1 fully saturated rings. The molecule has 0 saturated carbocycles. The molecule has 0 radical (unpaired) electrons. The van der Waals surface area contributed by atoms with Crippen LogP contribution < -0.4 is 4.90 Å². The fourth-order valence-electron chi connectivity index (χ4n) is 2.22. The zero-order valence-electron chi connectivity index (χ0n) is 12.8. The van der Waals surface area contributed by atoms with E-state index in [0.717, 1.165) is 18.1 Å². The van der Waals surface area contributed by atoms with Crippen molar-refractivity contribution in [2.45, 2.75) is 40.2 Å². The van der Waals surface area contributed by atoms with Crippen molar-refractivity contribution in [1.82, 2.24) is 0 Å². The highest BCUT2D eigenvalue weighted by molar-refractivity contribution is 6.11. The van der Waals surface area contributed by atoms with Gasteiger partial charge < -0.3 is 9.64 Å². The number of carbonyl (C=O) groups excluding carboxylic acids is 1. The second-order valence-electron chi connectivity index (χ2n) is 6.72. The number of benzene rings is 1. The van der Waals surface area contributed by atoms with Crippen molar-refractivity contribution < 1.29 is 9.53 Å². The van der Waals surface area contributed by atoms with Crippen molar-refractivity contribution in [1.29, 1.82) is 0 Å². The van der Waals surface area contributed by atoms with Crippen molar-refractivity contribution in [3.8, 4) is 0 Å². The van der Waals surface area contributed by atoms with Crippen LogP contribution in [0.1, 0.15) is 34.6 Å². The smallest absolute Gasteiger partial charge is 0.435 e. The molecule has 0 spiro atoms. The lowest BCUT2D eigenvalue weighted by molar-refractivity contribution is 0.0601. The molecule has 0 atom stereocenters. The Morgan fingerprint density at radius 2 is 1.85 bits per heavy atom. The van der Waals surface area contributed by atoms with E-state index in [1.54, 1.807) is 0 Å². The molecule has 1 saturated heterocycles. The Morgan fingerprint density at radius 3 is 2.35 bits per heavy atom. The van der Waals surface area contributed by atoms with Crippen LogP contribution in [-0.2, 0) is 4.74 Å². The molecule has 1 amide bonds. The molecule has 0 aromatic heterocycles. The lowest BCUT2D eigenvalue weighted by Crippen LogP contribution is -2.59. The highest BCUT2D eigenvalue weighted by Gasteiger charge is 2.43. The van der Waals surface area contributed by atoms with Crippen molar-refractivity contribution in [3.63, 3.8) is 0 Å². The molecule has 0 bridgehead atoms. The van der Waals surface area contributed by atoms with E-state index in [4.69, 9.17) is 4.74 Å². The maximum atomic E-state index is 11.9. The van der Waals surface area contributed by atoms with Crippen LogP contribution in [-0.4, -0.2) is 24.1 Å². The fraction of sp³-hybridized carbons (Fsp3) is 0.500. The zero-order valence-corrected chi connectivity index (χ0v) is 12.8. The Balaban J connectivity index is 2.20. The number of amides is 1. The van der Waals surface area contributed by atoms with Gasteiger partial charge in [-0.1, -0.05) is 32.0 Å². The van der Waals surface area contributed by atoms with Gasteiger partial charge in [-0.3, -0.25) is 0 Å². The molecular formula is C16H22N2O2. The third-order valence-corrected chi connectivity index (χ3v) is 3.07. The molecule has 0 N–H and O–H groups in total. The monoisotopic (exact) mass is 274 g/mol. The van der Waals surface area contributed by atoms with Crippen LogP contribution in [0.2, 0.25) is 0 Å². The standard InChI is InChI=1S/C16H22N2O2/c1-15(2,3)20-14(19)17-13-16(4,5)11-18(13)12-9-7-6-8-10-12/h6-10H,11H2,1-5H3/b17-13+. The van der Waals surface area contributed by atoms with Crippen LogP contribution in [0, 0.1) is 5.41 Å². The van der Waals surface area contributed by atoms with Crippen LogP contribution in [0.15, 0.2) is 35.3 Å². The van der Waals surface area contributed by atoms with E-state index in [1.807, 2.05) is 56.0 Å². The molecule has 0 unspecified atom stereocenters. The van der Waals surface area contributed by atoms with Gasteiger partial charge in [0.1, 0.15) is 11.4 Å². The van der Waals surface area contributed by atoms with Gasteiger partial charge in [0.15, 0.2) is 0 Å². The number of ether oxygens (including phenoxy) is 1. The number of hydrogen-bond acceptors (Lipinski definition) is 2. The van der Waals surface area contributed by atoms with Crippen molar-refractivity contribution in [2.75, 3.05) is 11.4 Å². The van der Waals surface area contributed by atoms with E-state index in [1.165, 1.54) is 0 Å². The zero-order chi connectivity index (χ0) is 15.0. The Bertz CT molecular complexity index is 527. The summed E-state index contributed by atoms with van der Waals surface area (Å²) in [7, 11) is 0. The molecular weight excluding hydrogens is 252 g/mol. The molecule has 1 aliphatic heterocycles. The number of para-hydroxylation sites is 1. The summed E-state index contributed by atoms with van der Waals surface area (Å²) < 4.78 is 5.27. The minimum absolute atomic E-state index is 0.104. The number of rotatable bonds is 1. The number of amidine groups is 1. The van der Waals surface area contributed by atoms with E-state index in [-0.39, 0.29) is 5.41 Å². The van der Waals surface area contributed by atoms with Gasteiger partial charge in [0, 0.05) is 17.6 Å². The van der Waals surface area contributed by atoms with E-state index >= 15 is 0 Å². The van der Waals surface area contributed by atoms with Gasteiger partial charge in [0.2, 0.25) is 0 Å². The van der Waals surface area contributed by atoms with E-state index in [0.29, 0.717) is 0 Å². The number of aliphatic imine (C=N–C) groups is 1. The molecule has 1 heterocycles. The minimum atomic E-state index is -0.527. The van der Waals surface area contributed by atoms with Gasteiger partial charge in [-0.25, -0.2) is 4.79 Å². The van der Waals surface area contributed by atoms with Crippen LogP contribution in [0.5, 0.6) is 0 Å². The van der Waals surface area contributed by atoms with Gasteiger partial charge >= 0.3 is 6.09 Å². The number of nitrogens with zero attached hydrogens (tertiary/aromatic N) is 2. The summed E-state index contributed by atoms with van der Waals surface area (Å²) in [6, 6.07) is 9.95. The van der Waals surface area contributed by atoms with Crippen molar-refractivity contribution in [3.05, 3.63) is 30.3 Å². The molecule has 2 rings (SSSR count). The number of anilines is 1. The summed E-state index contributed by atoms with van der Waals surface area (Å²) in [6.45, 7) is 10.5. The second kappa shape index (κ2) is 4.93. The first-order valence-corrected chi connectivity index (χ1v) is 6.84. The van der Waals surface area contributed by atoms with Gasteiger partial charge in [-0.15, -0.1) is 0 Å². The van der Waals surface area contributed by atoms with Gasteiger partial charge in [0.05, 0.1) is 0 Å². The van der Waals surface area contributed by atoms with Gasteiger partial charge in [-0.05, 0) is 32.9 Å². The summed E-state index contributed by atoms with van der Waals surface area (Å²) in [5, 5.41) is 0.